The summed E-state index contributed by atoms with van der Waals surface area (Å²) in [6, 6.07) is 3.73. The topological polar surface area (TPSA) is 59.6 Å². The lowest BCUT2D eigenvalue weighted by Gasteiger charge is -2.20. The lowest BCUT2D eigenvalue weighted by molar-refractivity contribution is -0.116. The van der Waals surface area contributed by atoms with Gasteiger partial charge >= 0.3 is 0 Å². The fourth-order valence-corrected chi connectivity index (χ4v) is 2.05. The number of anilines is 1. The quantitative estimate of drug-likeness (QED) is 0.876. The van der Waals surface area contributed by atoms with Gasteiger partial charge in [-0.15, -0.1) is 0 Å². The Morgan fingerprint density at radius 3 is 2.60 bits per heavy atom. The molecule has 110 valence electrons. The molecule has 0 aliphatic carbocycles. The summed E-state index contributed by atoms with van der Waals surface area (Å²) in [5, 5.41) is 6.42. The Morgan fingerprint density at radius 2 is 1.95 bits per heavy atom. The summed E-state index contributed by atoms with van der Waals surface area (Å²) in [5.74, 6) is 1.13. The number of fused-ring (bicyclic) bond motifs is 1. The Hall–Kier alpha value is -1.46. The molecule has 1 amide bonds. The minimum atomic E-state index is -0.0864. The van der Waals surface area contributed by atoms with Crippen molar-refractivity contribution < 1.29 is 14.3 Å². The predicted octanol–water partition coefficient (Wildman–Crippen LogP) is 2.44. The average Bonchev–Trinajstić information content (AvgIpc) is 2.39. The zero-order valence-corrected chi connectivity index (χ0v) is 12.4. The van der Waals surface area contributed by atoms with Crippen molar-refractivity contribution >= 4 is 23.2 Å². The van der Waals surface area contributed by atoms with Gasteiger partial charge in [0.1, 0.15) is 13.2 Å². The normalized spacial score (nSPS) is 13.4. The van der Waals surface area contributed by atoms with Crippen LogP contribution in [0.4, 0.5) is 5.69 Å². The molecule has 0 spiro atoms. The molecule has 0 fully saturated rings. The van der Waals surface area contributed by atoms with Crippen LogP contribution in [0.25, 0.3) is 0 Å². The lowest BCUT2D eigenvalue weighted by Crippen LogP contribution is -2.27. The average molecular weight is 299 g/mol. The van der Waals surface area contributed by atoms with E-state index in [4.69, 9.17) is 21.1 Å². The number of nitrogens with one attached hydrogen (secondary N) is 2. The fourth-order valence-electron chi connectivity index (χ4n) is 1.85. The van der Waals surface area contributed by atoms with Crippen LogP contribution in [-0.4, -0.2) is 31.7 Å². The second-order valence-electron chi connectivity index (χ2n) is 4.88. The maximum absolute atomic E-state index is 11.8. The third kappa shape index (κ3) is 4.02. The Labute approximate surface area is 123 Å². The summed E-state index contributed by atoms with van der Waals surface area (Å²) in [4.78, 5) is 11.8. The molecule has 2 N–H and O–H groups in total. The van der Waals surface area contributed by atoms with Gasteiger partial charge in [-0.25, -0.2) is 0 Å². The lowest BCUT2D eigenvalue weighted by atomic mass is 10.2. The standard InChI is InChI=1S/C14H19ClN2O3/c1-9(2)16-4-3-14(18)17-11-8-13-12(7-10(11)15)19-5-6-20-13/h7-9,16H,3-6H2,1-2H3,(H,17,18). The molecule has 0 radical (unpaired) electrons. The summed E-state index contributed by atoms with van der Waals surface area (Å²) in [6.07, 6.45) is 0.392. The van der Waals surface area contributed by atoms with Crippen molar-refractivity contribution in [3.05, 3.63) is 17.2 Å². The summed E-state index contributed by atoms with van der Waals surface area (Å²) in [7, 11) is 0. The zero-order valence-electron chi connectivity index (χ0n) is 11.7. The fraction of sp³-hybridized carbons (Fsp3) is 0.500. The smallest absolute Gasteiger partial charge is 0.225 e. The molecule has 0 saturated carbocycles. The molecule has 1 aliphatic heterocycles. The van der Waals surface area contributed by atoms with Gasteiger partial charge in [0.15, 0.2) is 11.5 Å². The highest BCUT2D eigenvalue weighted by molar-refractivity contribution is 6.34. The summed E-state index contributed by atoms with van der Waals surface area (Å²) in [6.45, 7) is 5.72. The van der Waals surface area contributed by atoms with Crippen LogP contribution >= 0.6 is 11.6 Å². The molecular formula is C14H19ClN2O3. The number of halogens is 1. The predicted molar refractivity (Wildman–Crippen MR) is 78.8 cm³/mol. The highest BCUT2D eigenvalue weighted by Crippen LogP contribution is 2.37. The van der Waals surface area contributed by atoms with E-state index >= 15 is 0 Å². The van der Waals surface area contributed by atoms with E-state index in [9.17, 15) is 4.79 Å². The first-order valence-electron chi connectivity index (χ1n) is 6.68. The maximum atomic E-state index is 11.8. The number of carbonyl (C=O) groups is 1. The van der Waals surface area contributed by atoms with Gasteiger partial charge in [-0.2, -0.15) is 0 Å². The molecule has 2 rings (SSSR count). The number of amides is 1. The minimum Gasteiger partial charge on any atom is -0.486 e. The molecule has 20 heavy (non-hydrogen) atoms. The Kier molecular flexibility index (Phi) is 5.09. The van der Waals surface area contributed by atoms with E-state index in [-0.39, 0.29) is 5.91 Å². The summed E-state index contributed by atoms with van der Waals surface area (Å²) >= 11 is 6.12. The van der Waals surface area contributed by atoms with Crippen LogP contribution in [0, 0.1) is 0 Å². The number of hydrogen-bond acceptors (Lipinski definition) is 4. The van der Waals surface area contributed by atoms with Gasteiger partial charge in [0, 0.05) is 31.1 Å². The van der Waals surface area contributed by atoms with Crippen molar-refractivity contribution in [1.82, 2.24) is 5.32 Å². The highest BCUT2D eigenvalue weighted by atomic mass is 35.5. The third-order valence-electron chi connectivity index (χ3n) is 2.81. The van der Waals surface area contributed by atoms with Crippen LogP contribution in [0.2, 0.25) is 5.02 Å². The molecule has 0 atom stereocenters. The van der Waals surface area contributed by atoms with E-state index in [1.54, 1.807) is 12.1 Å². The zero-order chi connectivity index (χ0) is 14.5. The van der Waals surface area contributed by atoms with Crippen LogP contribution in [0.1, 0.15) is 20.3 Å². The first-order valence-corrected chi connectivity index (χ1v) is 7.06. The van der Waals surface area contributed by atoms with E-state index < -0.39 is 0 Å². The van der Waals surface area contributed by atoms with Crippen molar-refractivity contribution in [2.75, 3.05) is 25.1 Å². The number of rotatable bonds is 5. The first-order chi connectivity index (χ1) is 9.56. The Morgan fingerprint density at radius 1 is 1.30 bits per heavy atom. The minimum absolute atomic E-state index is 0.0864. The van der Waals surface area contributed by atoms with E-state index in [0.717, 1.165) is 0 Å². The number of carbonyl (C=O) groups excluding carboxylic acids is 1. The molecule has 0 aromatic heterocycles. The van der Waals surface area contributed by atoms with E-state index in [1.807, 2.05) is 13.8 Å². The van der Waals surface area contributed by atoms with Crippen molar-refractivity contribution in [1.29, 1.82) is 0 Å². The molecule has 5 nitrogen and oxygen atoms in total. The van der Waals surface area contributed by atoms with Crippen molar-refractivity contribution in [3.8, 4) is 11.5 Å². The Balaban J connectivity index is 1.96. The van der Waals surface area contributed by atoms with Gasteiger partial charge < -0.3 is 20.1 Å². The van der Waals surface area contributed by atoms with Gasteiger partial charge in [0.05, 0.1) is 10.7 Å². The number of ether oxygens (including phenoxy) is 2. The SMILES string of the molecule is CC(C)NCCC(=O)Nc1cc2c(cc1Cl)OCCO2. The van der Waals surface area contributed by atoms with Gasteiger partial charge in [0.2, 0.25) is 5.91 Å². The third-order valence-corrected chi connectivity index (χ3v) is 3.12. The van der Waals surface area contributed by atoms with Crippen LogP contribution in [0.3, 0.4) is 0 Å². The second-order valence-corrected chi connectivity index (χ2v) is 5.29. The number of hydrogen-bond donors (Lipinski definition) is 2. The second kappa shape index (κ2) is 6.81. The maximum Gasteiger partial charge on any atom is 0.225 e. The molecule has 1 aromatic carbocycles. The molecule has 1 heterocycles. The van der Waals surface area contributed by atoms with Crippen molar-refractivity contribution in [2.24, 2.45) is 0 Å². The molecule has 0 unspecified atom stereocenters. The molecule has 1 aromatic rings. The van der Waals surface area contributed by atoms with Crippen LogP contribution in [-0.2, 0) is 4.79 Å². The highest BCUT2D eigenvalue weighted by Gasteiger charge is 2.16. The van der Waals surface area contributed by atoms with E-state index in [0.29, 0.717) is 54.4 Å². The first kappa shape index (κ1) is 14.9. The van der Waals surface area contributed by atoms with Crippen LogP contribution in [0.5, 0.6) is 11.5 Å². The molecule has 1 aliphatic rings. The van der Waals surface area contributed by atoms with Crippen molar-refractivity contribution in [2.45, 2.75) is 26.3 Å². The largest absolute Gasteiger partial charge is 0.486 e. The van der Waals surface area contributed by atoms with E-state index in [1.165, 1.54) is 0 Å². The van der Waals surface area contributed by atoms with Gasteiger partial charge in [0.25, 0.3) is 0 Å². The summed E-state index contributed by atoms with van der Waals surface area (Å²) < 4.78 is 10.9. The molecular weight excluding hydrogens is 280 g/mol. The van der Waals surface area contributed by atoms with Gasteiger partial charge in [-0.3, -0.25) is 4.79 Å². The van der Waals surface area contributed by atoms with Gasteiger partial charge in [-0.05, 0) is 0 Å². The monoisotopic (exact) mass is 298 g/mol. The Bertz CT molecular complexity index is 492. The van der Waals surface area contributed by atoms with Crippen LogP contribution in [0.15, 0.2) is 12.1 Å². The van der Waals surface area contributed by atoms with Gasteiger partial charge in [-0.1, -0.05) is 25.4 Å². The summed E-state index contributed by atoms with van der Waals surface area (Å²) in [5.41, 5.74) is 0.547. The van der Waals surface area contributed by atoms with Crippen molar-refractivity contribution in [3.63, 3.8) is 0 Å². The molecule has 6 heteroatoms. The molecule has 0 saturated heterocycles. The number of benzene rings is 1. The molecule has 0 bridgehead atoms. The van der Waals surface area contributed by atoms with E-state index in [2.05, 4.69) is 10.6 Å². The van der Waals surface area contributed by atoms with Crippen LogP contribution < -0.4 is 20.1 Å².